The van der Waals surface area contributed by atoms with E-state index in [1.165, 1.54) is 0 Å². The quantitative estimate of drug-likeness (QED) is 0.485. The summed E-state index contributed by atoms with van der Waals surface area (Å²) in [5.41, 5.74) is 5.17. The van der Waals surface area contributed by atoms with Crippen LogP contribution >= 0.6 is 22.9 Å². The molecule has 3 aromatic heterocycles. The van der Waals surface area contributed by atoms with Crippen molar-refractivity contribution in [2.75, 3.05) is 6.61 Å². The smallest absolute Gasteiger partial charge is 0.116 e. The maximum absolute atomic E-state index is 8.45. The summed E-state index contributed by atoms with van der Waals surface area (Å²) in [7, 11) is 0. The lowest BCUT2D eigenvalue weighted by molar-refractivity contribution is 0.00631. The number of ether oxygens (including phenoxy) is 1. The van der Waals surface area contributed by atoms with Crippen LogP contribution in [-0.4, -0.2) is 32.2 Å². The van der Waals surface area contributed by atoms with E-state index in [0.29, 0.717) is 17.0 Å². The average Bonchev–Trinajstić information content (AvgIpc) is 3.31. The van der Waals surface area contributed by atoms with Gasteiger partial charge < -0.3 is 9.30 Å². The number of rotatable bonds is 3. The first kappa shape index (κ1) is 16.0. The average molecular weight is 400 g/mol. The Hall–Kier alpha value is -2.02. The highest BCUT2D eigenvalue weighted by molar-refractivity contribution is 7.07. The first-order chi connectivity index (χ1) is 13.6. The van der Waals surface area contributed by atoms with Crippen molar-refractivity contribution >= 4 is 44.9 Å². The maximum Gasteiger partial charge on any atom is 0.116 e. The number of aromatic nitrogens is 4. The van der Waals surface area contributed by atoms with Crippen LogP contribution in [0.15, 0.2) is 35.3 Å². The molecule has 1 saturated heterocycles. The number of hydrogen-bond acceptors (Lipinski definition) is 5. The highest BCUT2D eigenvalue weighted by atomic mass is 35.5. The van der Waals surface area contributed by atoms with Crippen LogP contribution in [-0.2, 0) is 11.2 Å². The van der Waals surface area contributed by atoms with E-state index in [1.54, 1.807) is 11.3 Å². The third kappa shape index (κ3) is 3.12. The van der Waals surface area contributed by atoms with Gasteiger partial charge in [-0.25, -0.2) is 9.97 Å². The third-order valence-corrected chi connectivity index (χ3v) is 6.00. The number of hydrogen-bond donors (Lipinski definition) is 0. The van der Waals surface area contributed by atoms with Gasteiger partial charge in [0, 0.05) is 34.9 Å². The number of benzene rings is 1. The minimum absolute atomic E-state index is 0.190. The van der Waals surface area contributed by atoms with Crippen LogP contribution in [0.2, 0.25) is 5.02 Å². The van der Waals surface area contributed by atoms with E-state index in [-0.39, 0.29) is 18.3 Å². The van der Waals surface area contributed by atoms with E-state index in [1.807, 2.05) is 29.1 Å². The van der Waals surface area contributed by atoms with Gasteiger partial charge in [-0.1, -0.05) is 11.6 Å². The molecule has 4 aromatic rings. The Kier molecular flexibility index (Phi) is 4.06. The highest BCUT2D eigenvalue weighted by Gasteiger charge is 2.26. The van der Waals surface area contributed by atoms with Crippen LogP contribution in [0, 0.1) is 0 Å². The predicted molar refractivity (Wildman–Crippen MR) is 109 cm³/mol. The van der Waals surface area contributed by atoms with Gasteiger partial charge in [0.2, 0.25) is 0 Å². The number of halogens is 1. The Balaban J connectivity index is 1.80. The number of imidazole rings is 1. The molecule has 27 heavy (non-hydrogen) atoms. The van der Waals surface area contributed by atoms with Crippen LogP contribution < -0.4 is 0 Å². The van der Waals surface area contributed by atoms with Crippen molar-refractivity contribution in [2.45, 2.75) is 38.3 Å². The molecule has 0 N–H and O–H groups in total. The standard InChI is InChI=1S/C20H19ClN4OS/c1-12-6-15(4-5-26-12)25-19(8-14-10-27-11-23-14)24-18-9-22-17-3-2-13(21)7-16(17)20(18)25/h2-3,7,9-12,15H,4-6,8H2,1H3/t12-,15-/m1/s1/i9D. The molecule has 5 nitrogen and oxygen atoms in total. The molecule has 0 spiro atoms. The molecule has 1 fully saturated rings. The molecule has 1 aliphatic heterocycles. The zero-order valence-corrected chi connectivity index (χ0v) is 16.4. The van der Waals surface area contributed by atoms with Crippen LogP contribution in [0.4, 0.5) is 0 Å². The van der Waals surface area contributed by atoms with Gasteiger partial charge in [0.15, 0.2) is 0 Å². The molecule has 138 valence electrons. The van der Waals surface area contributed by atoms with E-state index >= 15 is 0 Å². The van der Waals surface area contributed by atoms with Gasteiger partial charge in [-0.3, -0.25) is 4.98 Å². The van der Waals surface area contributed by atoms with E-state index in [0.717, 1.165) is 47.4 Å². The fourth-order valence-corrected chi connectivity index (χ4v) is 4.67. The van der Waals surface area contributed by atoms with Crippen molar-refractivity contribution in [2.24, 2.45) is 0 Å². The summed E-state index contributed by atoms with van der Waals surface area (Å²) < 4.78 is 16.5. The summed E-state index contributed by atoms with van der Waals surface area (Å²) in [5.74, 6) is 0.919. The lowest BCUT2D eigenvalue weighted by Gasteiger charge is -2.30. The monoisotopic (exact) mass is 399 g/mol. The summed E-state index contributed by atoms with van der Waals surface area (Å²) in [6, 6.07) is 5.87. The van der Waals surface area contributed by atoms with Crippen molar-refractivity contribution < 1.29 is 6.11 Å². The Morgan fingerprint density at radius 3 is 3.11 bits per heavy atom. The lowest BCUT2D eigenvalue weighted by atomic mass is 10.0. The molecule has 1 aromatic carbocycles. The minimum Gasteiger partial charge on any atom is -0.378 e. The second kappa shape index (κ2) is 6.86. The number of nitrogens with zero attached hydrogens (tertiary/aromatic N) is 4. The van der Waals surface area contributed by atoms with Crippen LogP contribution in [0.3, 0.4) is 0 Å². The number of fused-ring (bicyclic) bond motifs is 3. The van der Waals surface area contributed by atoms with Gasteiger partial charge in [0.1, 0.15) is 11.3 Å². The normalized spacial score (nSPS) is 21.0. The fraction of sp³-hybridized carbons (Fsp3) is 0.350. The Labute approximate surface area is 167 Å². The van der Waals surface area contributed by atoms with E-state index in [4.69, 9.17) is 22.7 Å². The second-order valence-corrected chi connectivity index (χ2v) is 8.15. The lowest BCUT2D eigenvalue weighted by Crippen LogP contribution is -2.26. The Bertz CT molecular complexity index is 1160. The van der Waals surface area contributed by atoms with Crippen LogP contribution in [0.5, 0.6) is 0 Å². The van der Waals surface area contributed by atoms with Crippen molar-refractivity contribution in [3.05, 3.63) is 51.8 Å². The van der Waals surface area contributed by atoms with E-state index < -0.39 is 0 Å². The maximum atomic E-state index is 8.45. The molecule has 0 saturated carbocycles. The van der Waals surface area contributed by atoms with Crippen molar-refractivity contribution in [3.63, 3.8) is 0 Å². The van der Waals surface area contributed by atoms with Gasteiger partial charge >= 0.3 is 0 Å². The minimum atomic E-state index is 0.190. The zero-order chi connectivity index (χ0) is 19.3. The predicted octanol–water partition coefficient (Wildman–Crippen LogP) is 5.03. The molecule has 2 atom stereocenters. The molecule has 0 unspecified atom stereocenters. The Morgan fingerprint density at radius 2 is 2.30 bits per heavy atom. The summed E-state index contributed by atoms with van der Waals surface area (Å²) in [5, 5.41) is 3.64. The third-order valence-electron chi connectivity index (χ3n) is 5.13. The van der Waals surface area contributed by atoms with Gasteiger partial charge in [-0.05, 0) is 38.0 Å². The van der Waals surface area contributed by atoms with Crippen LogP contribution in [0.1, 0.15) is 38.7 Å². The number of pyridine rings is 1. The molecule has 0 aliphatic carbocycles. The molecule has 0 bridgehead atoms. The highest BCUT2D eigenvalue weighted by Crippen LogP contribution is 2.34. The first-order valence-electron chi connectivity index (χ1n) is 9.55. The topological polar surface area (TPSA) is 52.8 Å². The molecule has 0 radical (unpaired) electrons. The molecular formula is C20H19ClN4OS. The largest absolute Gasteiger partial charge is 0.378 e. The first-order valence-corrected chi connectivity index (χ1v) is 10.4. The Morgan fingerprint density at radius 1 is 1.37 bits per heavy atom. The van der Waals surface area contributed by atoms with E-state index in [9.17, 15) is 0 Å². The van der Waals surface area contributed by atoms with Crippen molar-refractivity contribution in [1.29, 1.82) is 0 Å². The van der Waals surface area contributed by atoms with Crippen molar-refractivity contribution in [1.82, 2.24) is 19.5 Å². The van der Waals surface area contributed by atoms with Gasteiger partial charge in [-0.2, -0.15) is 0 Å². The molecule has 4 heterocycles. The number of thiazole rings is 1. The van der Waals surface area contributed by atoms with Crippen LogP contribution in [0.25, 0.3) is 21.9 Å². The molecule has 7 heteroatoms. The fourth-order valence-electron chi connectivity index (χ4n) is 3.94. The zero-order valence-electron chi connectivity index (χ0n) is 15.9. The summed E-state index contributed by atoms with van der Waals surface area (Å²) >= 11 is 7.89. The van der Waals surface area contributed by atoms with E-state index in [2.05, 4.69) is 21.5 Å². The molecule has 1 aliphatic rings. The van der Waals surface area contributed by atoms with Crippen molar-refractivity contribution in [3.8, 4) is 0 Å². The summed E-state index contributed by atoms with van der Waals surface area (Å²) in [4.78, 5) is 13.7. The SMILES string of the molecule is [2H]c1nc2ccc(Cl)cc2c2c1nc(Cc1cscn1)n2[C@@H]1CCO[C@H](C)C1. The van der Waals surface area contributed by atoms with Gasteiger partial charge in [0.05, 0.1) is 35.9 Å². The summed E-state index contributed by atoms with van der Waals surface area (Å²) in [6.45, 7) is 2.83. The summed E-state index contributed by atoms with van der Waals surface area (Å²) in [6.07, 6.45) is 2.84. The molecular weight excluding hydrogens is 380 g/mol. The molecule has 0 amide bonds. The van der Waals surface area contributed by atoms with Gasteiger partial charge in [0.25, 0.3) is 0 Å². The molecule has 5 rings (SSSR count). The second-order valence-electron chi connectivity index (χ2n) is 7.00. The van der Waals surface area contributed by atoms with Gasteiger partial charge in [-0.15, -0.1) is 11.3 Å².